The van der Waals surface area contributed by atoms with Crippen molar-refractivity contribution in [3.8, 4) is 5.75 Å². The number of rotatable bonds is 5. The predicted octanol–water partition coefficient (Wildman–Crippen LogP) is 3.80. The van der Waals surface area contributed by atoms with Gasteiger partial charge in [-0.2, -0.15) is 0 Å². The average molecular weight is 285 g/mol. The number of phenols is 1. The Bertz CT molecular complexity index is 605. The summed E-state index contributed by atoms with van der Waals surface area (Å²) in [6.45, 7) is 6.11. The smallest absolute Gasteiger partial charge is 0.123 e. The Morgan fingerprint density at radius 1 is 1.29 bits per heavy atom. The molecule has 1 unspecified atom stereocenters. The van der Waals surface area contributed by atoms with Gasteiger partial charge in [-0.1, -0.05) is 19.1 Å². The van der Waals surface area contributed by atoms with Crippen LogP contribution in [0.25, 0.3) is 10.8 Å². The highest BCUT2D eigenvalue weighted by Crippen LogP contribution is 2.29. The topological polar surface area (TPSA) is 32.7 Å². The van der Waals surface area contributed by atoms with E-state index in [2.05, 4.69) is 30.0 Å². The fourth-order valence-electron chi connectivity index (χ4n) is 3.09. The Balaban J connectivity index is 1.87. The summed E-state index contributed by atoms with van der Waals surface area (Å²) in [6.07, 6.45) is 2.29. The molecule has 0 spiro atoms. The van der Waals surface area contributed by atoms with Gasteiger partial charge in [0.2, 0.25) is 0 Å². The maximum absolute atomic E-state index is 9.90. The highest BCUT2D eigenvalue weighted by atomic mass is 16.5. The van der Waals surface area contributed by atoms with Crippen LogP contribution in [0.15, 0.2) is 36.4 Å². The summed E-state index contributed by atoms with van der Waals surface area (Å²) >= 11 is 0. The lowest BCUT2D eigenvalue weighted by molar-refractivity contribution is 0.186. The van der Waals surface area contributed by atoms with Crippen molar-refractivity contribution in [3.63, 3.8) is 0 Å². The van der Waals surface area contributed by atoms with Crippen LogP contribution in [0.4, 0.5) is 5.69 Å². The number of benzene rings is 2. The first-order valence-corrected chi connectivity index (χ1v) is 7.82. The lowest BCUT2D eigenvalue weighted by atomic mass is 10.1. The van der Waals surface area contributed by atoms with Crippen LogP contribution >= 0.6 is 0 Å². The van der Waals surface area contributed by atoms with Gasteiger partial charge in [0.15, 0.2) is 0 Å². The van der Waals surface area contributed by atoms with E-state index in [1.807, 2.05) is 12.1 Å². The molecule has 1 heterocycles. The number of anilines is 1. The van der Waals surface area contributed by atoms with Crippen molar-refractivity contribution in [2.24, 2.45) is 5.92 Å². The second kappa shape index (κ2) is 6.35. The number of phenolic OH excluding ortho intramolecular Hbond substituents is 1. The zero-order valence-electron chi connectivity index (χ0n) is 12.6. The molecule has 0 aliphatic carbocycles. The largest absolute Gasteiger partial charge is 0.507 e. The van der Waals surface area contributed by atoms with E-state index in [9.17, 15) is 5.11 Å². The Hall–Kier alpha value is -1.74. The van der Waals surface area contributed by atoms with E-state index in [-0.39, 0.29) is 0 Å². The number of aromatic hydroxyl groups is 1. The van der Waals surface area contributed by atoms with Gasteiger partial charge in [-0.05, 0) is 42.5 Å². The van der Waals surface area contributed by atoms with Gasteiger partial charge >= 0.3 is 0 Å². The molecule has 1 aliphatic rings. The van der Waals surface area contributed by atoms with Crippen molar-refractivity contribution >= 4 is 16.5 Å². The van der Waals surface area contributed by atoms with Gasteiger partial charge in [-0.3, -0.25) is 0 Å². The Kier molecular flexibility index (Phi) is 4.30. The Morgan fingerprint density at radius 3 is 2.95 bits per heavy atom. The van der Waals surface area contributed by atoms with Crippen molar-refractivity contribution in [2.75, 3.05) is 31.2 Å². The fourth-order valence-corrected chi connectivity index (χ4v) is 3.09. The third kappa shape index (κ3) is 3.13. The molecule has 2 aromatic carbocycles. The molecule has 0 saturated carbocycles. The van der Waals surface area contributed by atoms with E-state index in [1.54, 1.807) is 6.07 Å². The molecule has 112 valence electrons. The molecule has 1 N–H and O–H groups in total. The predicted molar refractivity (Wildman–Crippen MR) is 87.0 cm³/mol. The number of hydrogen-bond donors (Lipinski definition) is 1. The highest BCUT2D eigenvalue weighted by Gasteiger charge is 2.19. The maximum atomic E-state index is 9.90. The van der Waals surface area contributed by atoms with E-state index in [0.29, 0.717) is 11.7 Å². The van der Waals surface area contributed by atoms with Crippen molar-refractivity contribution in [1.82, 2.24) is 0 Å². The third-order valence-corrected chi connectivity index (χ3v) is 4.20. The van der Waals surface area contributed by atoms with E-state index in [1.165, 1.54) is 5.69 Å². The minimum absolute atomic E-state index is 0.352. The summed E-state index contributed by atoms with van der Waals surface area (Å²) in [5, 5.41) is 11.9. The summed E-state index contributed by atoms with van der Waals surface area (Å²) in [5.74, 6) is 0.988. The maximum Gasteiger partial charge on any atom is 0.123 e. The normalized spacial score (nSPS) is 18.2. The zero-order chi connectivity index (χ0) is 14.7. The van der Waals surface area contributed by atoms with Crippen LogP contribution in [-0.2, 0) is 4.74 Å². The molecule has 3 heteroatoms. The third-order valence-electron chi connectivity index (χ3n) is 4.20. The number of fused-ring (bicyclic) bond motifs is 1. The van der Waals surface area contributed by atoms with Crippen molar-refractivity contribution in [2.45, 2.75) is 19.8 Å². The van der Waals surface area contributed by atoms with Gasteiger partial charge in [0.05, 0.1) is 6.61 Å². The molecule has 0 amide bonds. The summed E-state index contributed by atoms with van der Waals surface area (Å²) in [5.41, 5.74) is 1.24. The quantitative estimate of drug-likeness (QED) is 0.907. The molecule has 1 saturated heterocycles. The molecular formula is C18H23NO2. The van der Waals surface area contributed by atoms with E-state index in [4.69, 9.17) is 4.74 Å². The monoisotopic (exact) mass is 285 g/mol. The zero-order valence-corrected chi connectivity index (χ0v) is 12.6. The molecule has 0 bridgehead atoms. The van der Waals surface area contributed by atoms with Gasteiger partial charge in [-0.25, -0.2) is 0 Å². The SMILES string of the molecule is CCCN(CC1CCOC1)c1ccc2c(O)cccc2c1. The molecule has 1 aliphatic heterocycles. The van der Waals surface area contributed by atoms with Gasteiger partial charge < -0.3 is 14.7 Å². The summed E-state index contributed by atoms with van der Waals surface area (Å²) < 4.78 is 5.50. The van der Waals surface area contributed by atoms with Crippen molar-refractivity contribution in [1.29, 1.82) is 0 Å². The highest BCUT2D eigenvalue weighted by molar-refractivity contribution is 5.90. The number of hydrogen-bond acceptors (Lipinski definition) is 3. The molecule has 2 aromatic rings. The fraction of sp³-hybridized carbons (Fsp3) is 0.444. The summed E-state index contributed by atoms with van der Waals surface area (Å²) in [4.78, 5) is 2.45. The van der Waals surface area contributed by atoms with Gasteiger partial charge in [0.1, 0.15) is 5.75 Å². The van der Waals surface area contributed by atoms with E-state index >= 15 is 0 Å². The molecule has 0 radical (unpaired) electrons. The van der Waals surface area contributed by atoms with Crippen LogP contribution in [0.2, 0.25) is 0 Å². The summed E-state index contributed by atoms with van der Waals surface area (Å²) in [7, 11) is 0. The van der Waals surface area contributed by atoms with Crippen LogP contribution in [-0.4, -0.2) is 31.4 Å². The lowest BCUT2D eigenvalue weighted by Gasteiger charge is -2.27. The molecular weight excluding hydrogens is 262 g/mol. The van der Waals surface area contributed by atoms with Crippen LogP contribution in [0.1, 0.15) is 19.8 Å². The Morgan fingerprint density at radius 2 is 2.19 bits per heavy atom. The molecule has 21 heavy (non-hydrogen) atoms. The van der Waals surface area contributed by atoms with Gasteiger partial charge in [0, 0.05) is 36.7 Å². The van der Waals surface area contributed by atoms with Crippen molar-refractivity contribution < 1.29 is 9.84 Å². The lowest BCUT2D eigenvalue weighted by Crippen LogP contribution is -2.30. The molecule has 3 rings (SSSR count). The second-order valence-corrected chi connectivity index (χ2v) is 5.86. The van der Waals surface area contributed by atoms with E-state index in [0.717, 1.165) is 49.9 Å². The molecule has 1 fully saturated rings. The summed E-state index contributed by atoms with van der Waals surface area (Å²) in [6, 6.07) is 12.0. The van der Waals surface area contributed by atoms with Crippen LogP contribution in [0, 0.1) is 5.92 Å². The standard InChI is InChI=1S/C18H23NO2/c1-2-9-19(12-14-8-10-21-13-14)16-6-7-17-15(11-16)4-3-5-18(17)20/h3-7,11,14,20H,2,8-10,12-13H2,1H3. The second-order valence-electron chi connectivity index (χ2n) is 5.86. The first-order valence-electron chi connectivity index (χ1n) is 7.82. The van der Waals surface area contributed by atoms with Crippen LogP contribution in [0.3, 0.4) is 0 Å². The van der Waals surface area contributed by atoms with Crippen molar-refractivity contribution in [3.05, 3.63) is 36.4 Å². The average Bonchev–Trinajstić information content (AvgIpc) is 3.00. The number of ether oxygens (including phenoxy) is 1. The van der Waals surface area contributed by atoms with E-state index < -0.39 is 0 Å². The van der Waals surface area contributed by atoms with Crippen LogP contribution < -0.4 is 4.90 Å². The molecule has 3 nitrogen and oxygen atoms in total. The first-order chi connectivity index (χ1) is 10.3. The molecule has 1 atom stereocenters. The number of nitrogens with zero attached hydrogens (tertiary/aromatic N) is 1. The minimum atomic E-state index is 0.352. The molecule has 0 aromatic heterocycles. The minimum Gasteiger partial charge on any atom is -0.507 e. The first kappa shape index (κ1) is 14.2. The van der Waals surface area contributed by atoms with Gasteiger partial charge in [-0.15, -0.1) is 0 Å². The van der Waals surface area contributed by atoms with Gasteiger partial charge in [0.25, 0.3) is 0 Å². The Labute approximate surface area is 126 Å². The van der Waals surface area contributed by atoms with Crippen LogP contribution in [0.5, 0.6) is 5.75 Å².